The maximum atomic E-state index is 5.16. The predicted molar refractivity (Wildman–Crippen MR) is 67.8 cm³/mol. The van der Waals surface area contributed by atoms with Crippen LogP contribution in [0.3, 0.4) is 0 Å². The van der Waals surface area contributed by atoms with Crippen LogP contribution in [-0.2, 0) is 4.74 Å². The molecular weight excluding hydrogens is 198 g/mol. The molecule has 1 rings (SSSR count). The van der Waals surface area contributed by atoms with E-state index in [1.807, 2.05) is 0 Å². The Balaban J connectivity index is 2.33. The third-order valence-electron chi connectivity index (χ3n) is 3.26. The lowest BCUT2D eigenvalue weighted by atomic mass is 9.96. The monoisotopic (exact) mass is 224 g/mol. The van der Waals surface area contributed by atoms with Gasteiger partial charge in [0.15, 0.2) is 0 Å². The van der Waals surface area contributed by atoms with Crippen LogP contribution in [0.1, 0.15) is 32.6 Å². The third kappa shape index (κ3) is 4.67. The summed E-state index contributed by atoms with van der Waals surface area (Å²) >= 11 is 0. The maximum Gasteiger partial charge on any atom is 0.230 e. The van der Waals surface area contributed by atoms with Crippen LogP contribution < -0.4 is 0 Å². The predicted octanol–water partition coefficient (Wildman–Crippen LogP) is 2.88. The first-order valence-corrected chi connectivity index (χ1v) is 6.48. The molecule has 2 atom stereocenters. The highest BCUT2D eigenvalue weighted by Crippen LogP contribution is 2.24. The normalized spacial score (nSPS) is 29.6. The van der Waals surface area contributed by atoms with Gasteiger partial charge in [-0.3, -0.25) is 0 Å². The first-order chi connectivity index (χ1) is 7.70. The van der Waals surface area contributed by atoms with E-state index in [-0.39, 0.29) is 0 Å². The summed E-state index contributed by atoms with van der Waals surface area (Å²) in [6, 6.07) is 0. The molecule has 92 valence electrons. The van der Waals surface area contributed by atoms with E-state index in [0.29, 0.717) is 5.92 Å². The fourth-order valence-electron chi connectivity index (χ4n) is 2.18. The van der Waals surface area contributed by atoms with Crippen LogP contribution in [-0.4, -0.2) is 38.3 Å². The van der Waals surface area contributed by atoms with Crippen molar-refractivity contribution in [1.82, 2.24) is 0 Å². The summed E-state index contributed by atoms with van der Waals surface area (Å²) in [5.41, 5.74) is 0. The molecule has 0 fully saturated rings. The minimum absolute atomic E-state index is 0.544. The number of hydrogen-bond acceptors (Lipinski definition) is 1. The average molecular weight is 224 g/mol. The summed E-state index contributed by atoms with van der Waals surface area (Å²) in [7, 11) is 4.01. The zero-order chi connectivity index (χ0) is 11.9. The van der Waals surface area contributed by atoms with Gasteiger partial charge in [0.1, 0.15) is 6.54 Å². The van der Waals surface area contributed by atoms with E-state index in [2.05, 4.69) is 32.7 Å². The molecule has 2 radical (unpaired) electrons. The Bertz CT molecular complexity index is 215. The Kier molecular flexibility index (Phi) is 6.07. The molecular formula is C14H26NO+. The highest BCUT2D eigenvalue weighted by Gasteiger charge is 2.30. The van der Waals surface area contributed by atoms with Gasteiger partial charge < -0.3 is 9.22 Å². The molecule has 0 amide bonds. The molecule has 0 N–H and O–H groups in total. The Labute approximate surface area is 101 Å². The van der Waals surface area contributed by atoms with Crippen LogP contribution in [0.4, 0.5) is 0 Å². The lowest BCUT2D eigenvalue weighted by Crippen LogP contribution is -2.47. The van der Waals surface area contributed by atoms with E-state index in [9.17, 15) is 0 Å². The molecule has 2 nitrogen and oxygen atoms in total. The van der Waals surface area contributed by atoms with Gasteiger partial charge in [-0.2, -0.15) is 0 Å². The summed E-state index contributed by atoms with van der Waals surface area (Å²) in [4.78, 5) is 0. The molecule has 0 saturated carbocycles. The number of methoxy groups -OCH3 is 1. The number of hydrogen-bond donors (Lipinski definition) is 0. The summed E-state index contributed by atoms with van der Waals surface area (Å²) in [5.74, 6) is 0.544. The zero-order valence-electron chi connectivity index (χ0n) is 11.0. The second kappa shape index (κ2) is 7.08. The van der Waals surface area contributed by atoms with Crippen molar-refractivity contribution >= 4 is 0 Å². The largest absolute Gasteiger partial charge is 0.379 e. The first-order valence-electron chi connectivity index (χ1n) is 6.48. The molecule has 0 aromatic carbocycles. The van der Waals surface area contributed by atoms with Crippen molar-refractivity contribution in [3.63, 3.8) is 0 Å². The molecule has 1 aliphatic heterocycles. The molecule has 1 aliphatic rings. The van der Waals surface area contributed by atoms with E-state index >= 15 is 0 Å². The fourth-order valence-corrected chi connectivity index (χ4v) is 2.18. The fraction of sp³-hybridized carbons (Fsp3) is 0.786. The molecule has 16 heavy (non-hydrogen) atoms. The number of nitrogens with zero attached hydrogens (tertiary/aromatic N) is 1. The van der Waals surface area contributed by atoms with E-state index in [1.165, 1.54) is 25.7 Å². The number of likely N-dealkylation sites (N-methyl/N-ethyl adjacent to an activating group) is 1. The minimum Gasteiger partial charge on any atom is -0.379 e. The third-order valence-corrected chi connectivity index (χ3v) is 3.26. The van der Waals surface area contributed by atoms with Gasteiger partial charge >= 0.3 is 0 Å². The highest BCUT2D eigenvalue weighted by molar-refractivity contribution is 4.97. The Hall–Kier alpha value is -0.340. The summed E-state index contributed by atoms with van der Waals surface area (Å²) in [5, 5.41) is 0. The molecule has 0 aliphatic carbocycles. The van der Waals surface area contributed by atoms with Crippen LogP contribution in [0, 0.1) is 12.5 Å². The van der Waals surface area contributed by atoms with Crippen molar-refractivity contribution in [2.24, 2.45) is 5.92 Å². The van der Waals surface area contributed by atoms with Crippen molar-refractivity contribution < 1.29 is 9.22 Å². The molecule has 2 heteroatoms. The lowest BCUT2D eigenvalue weighted by molar-refractivity contribution is -0.879. The van der Waals surface area contributed by atoms with Gasteiger partial charge in [-0.25, -0.2) is 0 Å². The molecule has 2 unspecified atom stereocenters. The number of unbranched alkanes of at least 4 members (excludes halogenated alkanes) is 2. The molecule has 0 aromatic rings. The molecule has 0 aromatic heterocycles. The smallest absolute Gasteiger partial charge is 0.230 e. The zero-order valence-corrected chi connectivity index (χ0v) is 11.0. The van der Waals surface area contributed by atoms with E-state index in [1.54, 1.807) is 7.11 Å². The van der Waals surface area contributed by atoms with Crippen LogP contribution in [0.25, 0.3) is 0 Å². The van der Waals surface area contributed by atoms with Gasteiger partial charge in [-0.15, -0.1) is 0 Å². The topological polar surface area (TPSA) is 9.23 Å². The molecule has 1 heterocycles. The van der Waals surface area contributed by atoms with Gasteiger partial charge in [0.2, 0.25) is 6.54 Å². The standard InChI is InChI=1S/C14H26NO/c1-4-5-6-8-14-9-7-10-15(2,13-14)11-12-16-3/h7,9,14H,4-6,8,10-12H2,1-3H3/q+1. The molecule has 0 saturated heterocycles. The average Bonchev–Trinajstić information content (AvgIpc) is 2.27. The Morgan fingerprint density at radius 2 is 2.25 bits per heavy atom. The van der Waals surface area contributed by atoms with Crippen molar-refractivity contribution in [1.29, 1.82) is 0 Å². The summed E-state index contributed by atoms with van der Waals surface area (Å²) in [6.45, 7) is 8.86. The Morgan fingerprint density at radius 1 is 1.44 bits per heavy atom. The second-order valence-electron chi connectivity index (χ2n) is 4.95. The quantitative estimate of drug-likeness (QED) is 0.367. The van der Waals surface area contributed by atoms with Gasteiger partial charge in [-0.05, 0) is 12.5 Å². The first kappa shape index (κ1) is 13.7. The number of ether oxygens (including phenoxy) is 1. The van der Waals surface area contributed by atoms with Crippen LogP contribution in [0.15, 0.2) is 12.2 Å². The number of rotatable bonds is 7. The summed E-state index contributed by atoms with van der Waals surface area (Å²) < 4.78 is 6.07. The molecule has 0 spiro atoms. The van der Waals surface area contributed by atoms with Gasteiger partial charge in [0.05, 0.1) is 20.2 Å². The van der Waals surface area contributed by atoms with Crippen molar-refractivity contribution in [3.8, 4) is 0 Å². The van der Waals surface area contributed by atoms with Crippen molar-refractivity contribution in [2.75, 3.05) is 33.9 Å². The van der Waals surface area contributed by atoms with Crippen molar-refractivity contribution in [3.05, 3.63) is 18.7 Å². The van der Waals surface area contributed by atoms with Crippen LogP contribution >= 0.6 is 0 Å². The highest BCUT2D eigenvalue weighted by atomic mass is 16.5. The maximum absolute atomic E-state index is 5.16. The van der Waals surface area contributed by atoms with E-state index in [4.69, 9.17) is 4.74 Å². The minimum atomic E-state index is 0.544. The van der Waals surface area contributed by atoms with E-state index in [0.717, 1.165) is 24.2 Å². The second-order valence-corrected chi connectivity index (χ2v) is 4.95. The Morgan fingerprint density at radius 3 is 2.94 bits per heavy atom. The summed E-state index contributed by atoms with van der Waals surface area (Å²) in [6.07, 6.45) is 9.85. The van der Waals surface area contributed by atoms with Crippen molar-refractivity contribution in [2.45, 2.75) is 32.6 Å². The van der Waals surface area contributed by atoms with Gasteiger partial charge in [-0.1, -0.05) is 32.3 Å². The number of quaternary nitrogens is 1. The van der Waals surface area contributed by atoms with Gasteiger partial charge in [0.25, 0.3) is 0 Å². The molecule has 0 bridgehead atoms. The lowest BCUT2D eigenvalue weighted by Gasteiger charge is -2.36. The van der Waals surface area contributed by atoms with Crippen LogP contribution in [0.5, 0.6) is 0 Å². The van der Waals surface area contributed by atoms with E-state index < -0.39 is 0 Å². The SMILES string of the molecule is CCCCCC1[C][N+](C)(CCOC)CC=C1. The van der Waals surface area contributed by atoms with Gasteiger partial charge in [0, 0.05) is 13.0 Å². The van der Waals surface area contributed by atoms with Crippen LogP contribution in [0.2, 0.25) is 0 Å².